The Balaban J connectivity index is 2.02. The molecule has 1 saturated carbocycles. The predicted molar refractivity (Wildman–Crippen MR) is 66.8 cm³/mol. The fourth-order valence-corrected chi connectivity index (χ4v) is 3.25. The minimum absolute atomic E-state index is 0.116. The van der Waals surface area contributed by atoms with Gasteiger partial charge in [0.05, 0.1) is 0 Å². The lowest BCUT2D eigenvalue weighted by Crippen LogP contribution is -2.19. The molecule has 6 nitrogen and oxygen atoms in total. The maximum Gasteiger partial charge on any atom is 0.273 e. The van der Waals surface area contributed by atoms with E-state index in [-0.39, 0.29) is 11.2 Å². The zero-order valence-corrected chi connectivity index (χ0v) is 11.1. The second-order valence-electron chi connectivity index (χ2n) is 4.35. The van der Waals surface area contributed by atoms with Gasteiger partial charge in [-0.1, -0.05) is 0 Å². The molecule has 8 heteroatoms. The second kappa shape index (κ2) is 4.15. The average molecular weight is 284 g/mol. The van der Waals surface area contributed by atoms with Gasteiger partial charge in [-0.05, 0) is 35.2 Å². The van der Waals surface area contributed by atoms with Crippen molar-refractivity contribution in [3.8, 4) is 0 Å². The normalized spacial score (nSPS) is 16.1. The molecule has 2 heterocycles. The Hall–Kier alpha value is -1.25. The molecule has 2 N–H and O–H groups in total. The first-order valence-electron chi connectivity index (χ1n) is 5.53. The minimum atomic E-state index is -3.80. The summed E-state index contributed by atoms with van der Waals surface area (Å²) < 4.78 is 24.6. The number of hydrogen-bond acceptors (Lipinski definition) is 5. The fraction of sp³-hybridized carbons (Fsp3) is 0.400. The molecule has 0 bridgehead atoms. The summed E-state index contributed by atoms with van der Waals surface area (Å²) in [6, 6.07) is 2.18. The molecule has 0 amide bonds. The van der Waals surface area contributed by atoms with E-state index in [2.05, 4.69) is 10.2 Å². The van der Waals surface area contributed by atoms with E-state index in [9.17, 15) is 8.42 Å². The lowest BCUT2D eigenvalue weighted by Gasteiger charge is -2.06. The smallest absolute Gasteiger partial charge is 0.273 e. The summed E-state index contributed by atoms with van der Waals surface area (Å²) in [5, 5.41) is 16.8. The first-order valence-corrected chi connectivity index (χ1v) is 8.02. The van der Waals surface area contributed by atoms with Crippen LogP contribution in [0.5, 0.6) is 0 Å². The van der Waals surface area contributed by atoms with Crippen molar-refractivity contribution in [2.75, 3.05) is 0 Å². The summed E-state index contributed by atoms with van der Waals surface area (Å²) in [6.45, 7) is 0. The van der Waals surface area contributed by atoms with Crippen LogP contribution in [0.4, 0.5) is 0 Å². The Morgan fingerprint density at radius 1 is 1.44 bits per heavy atom. The molecule has 1 aliphatic rings. The lowest BCUT2D eigenvalue weighted by molar-refractivity contribution is 0.560. The molecule has 0 atom stereocenters. The summed E-state index contributed by atoms with van der Waals surface area (Å²) in [4.78, 5) is 0. The summed E-state index contributed by atoms with van der Waals surface area (Å²) in [6.07, 6.45) is 2.50. The van der Waals surface area contributed by atoms with Crippen LogP contribution in [0.25, 0.3) is 0 Å². The SMILES string of the molecule is NS(=O)(=O)c1nnc(Cc2ccsc2)n1C1CC1. The number of nitrogens with two attached hydrogens (primary N) is 1. The lowest BCUT2D eigenvalue weighted by atomic mass is 10.2. The van der Waals surface area contributed by atoms with E-state index in [0.717, 1.165) is 18.4 Å². The van der Waals surface area contributed by atoms with Gasteiger partial charge in [-0.25, -0.2) is 13.6 Å². The van der Waals surface area contributed by atoms with E-state index in [1.165, 1.54) is 0 Å². The zero-order valence-electron chi connectivity index (χ0n) is 9.48. The first-order chi connectivity index (χ1) is 8.55. The fourth-order valence-electron chi connectivity index (χ4n) is 1.90. The molecule has 1 fully saturated rings. The Labute approximate surface area is 109 Å². The third-order valence-electron chi connectivity index (χ3n) is 2.84. The van der Waals surface area contributed by atoms with Gasteiger partial charge in [0, 0.05) is 12.5 Å². The topological polar surface area (TPSA) is 90.9 Å². The average Bonchev–Trinajstić information content (AvgIpc) is 2.84. The van der Waals surface area contributed by atoms with E-state index in [1.807, 2.05) is 16.8 Å². The second-order valence-corrected chi connectivity index (χ2v) is 6.59. The third kappa shape index (κ3) is 2.18. The molecule has 0 radical (unpaired) electrons. The van der Waals surface area contributed by atoms with Crippen molar-refractivity contribution in [1.29, 1.82) is 0 Å². The molecule has 0 aliphatic heterocycles. The molecule has 96 valence electrons. The van der Waals surface area contributed by atoms with Gasteiger partial charge in [-0.2, -0.15) is 11.3 Å². The first kappa shape index (κ1) is 11.8. The van der Waals surface area contributed by atoms with Crippen molar-refractivity contribution in [2.24, 2.45) is 5.14 Å². The Morgan fingerprint density at radius 3 is 2.78 bits per heavy atom. The summed E-state index contributed by atoms with van der Waals surface area (Å²) in [5.41, 5.74) is 1.11. The summed E-state index contributed by atoms with van der Waals surface area (Å²) in [7, 11) is -3.80. The molecule has 0 unspecified atom stereocenters. The van der Waals surface area contributed by atoms with Gasteiger partial charge in [-0.15, -0.1) is 10.2 Å². The van der Waals surface area contributed by atoms with Gasteiger partial charge >= 0.3 is 0 Å². The molecular weight excluding hydrogens is 272 g/mol. The van der Waals surface area contributed by atoms with Gasteiger partial charge in [0.2, 0.25) is 0 Å². The standard InChI is InChI=1S/C10H12N4O2S2/c11-18(15,16)10-13-12-9(14(10)8-1-2-8)5-7-3-4-17-6-7/h3-4,6,8H,1-2,5H2,(H2,11,15,16). The summed E-state index contributed by atoms with van der Waals surface area (Å²) >= 11 is 1.60. The number of primary sulfonamides is 1. The highest BCUT2D eigenvalue weighted by molar-refractivity contribution is 7.89. The van der Waals surface area contributed by atoms with E-state index in [0.29, 0.717) is 12.2 Å². The highest BCUT2D eigenvalue weighted by Crippen LogP contribution is 2.37. The monoisotopic (exact) mass is 284 g/mol. The number of nitrogens with zero attached hydrogens (tertiary/aromatic N) is 3. The molecule has 0 spiro atoms. The van der Waals surface area contributed by atoms with E-state index in [1.54, 1.807) is 15.9 Å². The Bertz CT molecular complexity index is 656. The van der Waals surface area contributed by atoms with Crippen LogP contribution in [-0.2, 0) is 16.4 Å². The van der Waals surface area contributed by atoms with Crippen LogP contribution in [0.3, 0.4) is 0 Å². The molecule has 18 heavy (non-hydrogen) atoms. The van der Waals surface area contributed by atoms with Crippen LogP contribution in [0, 0.1) is 0 Å². The number of rotatable bonds is 4. The molecule has 0 saturated heterocycles. The molecule has 0 aromatic carbocycles. The Kier molecular flexibility index (Phi) is 2.72. The molecule has 2 aromatic rings. The van der Waals surface area contributed by atoms with Gasteiger partial charge in [0.25, 0.3) is 15.2 Å². The predicted octanol–water partition coefficient (Wildman–Crippen LogP) is 0.913. The van der Waals surface area contributed by atoms with E-state index in [4.69, 9.17) is 5.14 Å². The van der Waals surface area contributed by atoms with Gasteiger partial charge in [0.15, 0.2) is 0 Å². The van der Waals surface area contributed by atoms with Crippen molar-refractivity contribution < 1.29 is 8.42 Å². The third-order valence-corrected chi connectivity index (χ3v) is 4.36. The number of hydrogen-bond donors (Lipinski definition) is 1. The van der Waals surface area contributed by atoms with Crippen LogP contribution < -0.4 is 5.14 Å². The van der Waals surface area contributed by atoms with Crippen LogP contribution in [0.15, 0.2) is 22.0 Å². The van der Waals surface area contributed by atoms with Crippen LogP contribution in [-0.4, -0.2) is 23.2 Å². The van der Waals surface area contributed by atoms with Crippen molar-refractivity contribution in [2.45, 2.75) is 30.5 Å². The highest BCUT2D eigenvalue weighted by atomic mass is 32.2. The zero-order chi connectivity index (χ0) is 12.8. The van der Waals surface area contributed by atoms with Crippen molar-refractivity contribution in [3.05, 3.63) is 28.2 Å². The van der Waals surface area contributed by atoms with Crippen molar-refractivity contribution in [3.63, 3.8) is 0 Å². The molecular formula is C10H12N4O2S2. The highest BCUT2D eigenvalue weighted by Gasteiger charge is 2.32. The maximum atomic E-state index is 11.5. The van der Waals surface area contributed by atoms with E-state index >= 15 is 0 Å². The van der Waals surface area contributed by atoms with Crippen LogP contribution >= 0.6 is 11.3 Å². The summed E-state index contributed by atoms with van der Waals surface area (Å²) in [5.74, 6) is 0.667. The van der Waals surface area contributed by atoms with Gasteiger partial charge in [-0.3, -0.25) is 4.57 Å². The van der Waals surface area contributed by atoms with Gasteiger partial charge < -0.3 is 0 Å². The van der Waals surface area contributed by atoms with Crippen molar-refractivity contribution >= 4 is 21.4 Å². The van der Waals surface area contributed by atoms with Crippen LogP contribution in [0.1, 0.15) is 30.3 Å². The Morgan fingerprint density at radius 2 is 2.22 bits per heavy atom. The number of thiophene rings is 1. The van der Waals surface area contributed by atoms with Crippen LogP contribution in [0.2, 0.25) is 0 Å². The van der Waals surface area contributed by atoms with Gasteiger partial charge in [0.1, 0.15) is 5.82 Å². The number of aromatic nitrogens is 3. The molecule has 1 aliphatic carbocycles. The molecule has 3 rings (SSSR count). The quantitative estimate of drug-likeness (QED) is 0.903. The van der Waals surface area contributed by atoms with E-state index < -0.39 is 10.0 Å². The number of sulfonamides is 1. The minimum Gasteiger partial charge on any atom is -0.297 e. The largest absolute Gasteiger partial charge is 0.297 e. The van der Waals surface area contributed by atoms with Crippen molar-refractivity contribution in [1.82, 2.24) is 14.8 Å². The maximum absolute atomic E-state index is 11.5. The molecule has 2 aromatic heterocycles.